The molecule has 0 bridgehead atoms. The molecular weight excluding hydrogens is 266 g/mol. The van der Waals surface area contributed by atoms with Crippen molar-refractivity contribution in [1.82, 2.24) is 9.88 Å². The van der Waals surface area contributed by atoms with Crippen LogP contribution < -0.4 is 4.90 Å². The van der Waals surface area contributed by atoms with Crippen LogP contribution in [0.15, 0.2) is 11.6 Å². The summed E-state index contributed by atoms with van der Waals surface area (Å²) in [6.45, 7) is 12.2. The Morgan fingerprint density at radius 1 is 1.15 bits per heavy atom. The Hall–Kier alpha value is -0.610. The third kappa shape index (κ3) is 3.01. The zero-order chi connectivity index (χ0) is 14.2. The first kappa shape index (κ1) is 14.3. The highest BCUT2D eigenvalue weighted by Crippen LogP contribution is 2.36. The van der Waals surface area contributed by atoms with E-state index >= 15 is 0 Å². The quantitative estimate of drug-likeness (QED) is 0.832. The number of nitrogens with zero attached hydrogens (tertiary/aromatic N) is 3. The average molecular weight is 293 g/mol. The summed E-state index contributed by atoms with van der Waals surface area (Å²) in [5.74, 6) is 0.875. The molecule has 1 aromatic heterocycles. The molecule has 0 N–H and O–H groups in total. The van der Waals surface area contributed by atoms with Crippen molar-refractivity contribution in [2.24, 2.45) is 11.3 Å². The van der Waals surface area contributed by atoms with Gasteiger partial charge >= 0.3 is 0 Å². The second-order valence-corrected chi connectivity index (χ2v) is 8.25. The van der Waals surface area contributed by atoms with E-state index in [-0.39, 0.29) is 0 Å². The van der Waals surface area contributed by atoms with Crippen molar-refractivity contribution in [2.75, 3.05) is 31.1 Å². The number of thiazole rings is 1. The Labute approximate surface area is 127 Å². The SMILES string of the molecule is CC(C)(C)C1CCN(C2CCN(c3nccs3)CC2)C1. The van der Waals surface area contributed by atoms with E-state index < -0.39 is 0 Å². The molecule has 4 heteroatoms. The molecule has 112 valence electrons. The first-order chi connectivity index (χ1) is 9.54. The number of hydrogen-bond donors (Lipinski definition) is 0. The van der Waals surface area contributed by atoms with Crippen LogP contribution in [-0.4, -0.2) is 42.1 Å². The van der Waals surface area contributed by atoms with Gasteiger partial charge in [0, 0.05) is 37.3 Å². The van der Waals surface area contributed by atoms with Crippen molar-refractivity contribution < 1.29 is 0 Å². The van der Waals surface area contributed by atoms with Gasteiger partial charge in [-0.15, -0.1) is 11.3 Å². The fourth-order valence-electron chi connectivity index (χ4n) is 3.62. The smallest absolute Gasteiger partial charge is 0.185 e. The van der Waals surface area contributed by atoms with Crippen LogP contribution in [0.1, 0.15) is 40.0 Å². The van der Waals surface area contributed by atoms with E-state index in [1.165, 1.54) is 50.6 Å². The largest absolute Gasteiger partial charge is 0.348 e. The highest BCUT2D eigenvalue weighted by atomic mass is 32.1. The Bertz CT molecular complexity index is 415. The van der Waals surface area contributed by atoms with E-state index in [4.69, 9.17) is 0 Å². The molecule has 3 nitrogen and oxygen atoms in total. The van der Waals surface area contributed by atoms with Gasteiger partial charge in [0.2, 0.25) is 0 Å². The predicted molar refractivity (Wildman–Crippen MR) is 86.5 cm³/mol. The van der Waals surface area contributed by atoms with E-state index in [2.05, 4.69) is 40.9 Å². The van der Waals surface area contributed by atoms with Gasteiger partial charge < -0.3 is 4.90 Å². The standard InChI is InChI=1S/C16H27N3S/c1-16(2,3)13-4-8-19(12-13)14-5-9-18(10-6-14)15-17-7-11-20-15/h7,11,13-14H,4-6,8-10,12H2,1-3H3. The van der Waals surface area contributed by atoms with Gasteiger partial charge in [0.15, 0.2) is 5.13 Å². The molecule has 0 aromatic carbocycles. The zero-order valence-corrected chi connectivity index (χ0v) is 13.8. The molecule has 1 unspecified atom stereocenters. The lowest BCUT2D eigenvalue weighted by atomic mass is 9.80. The highest BCUT2D eigenvalue weighted by molar-refractivity contribution is 7.13. The summed E-state index contributed by atoms with van der Waals surface area (Å²) in [5.41, 5.74) is 0.469. The maximum absolute atomic E-state index is 4.44. The molecular formula is C16H27N3S. The van der Waals surface area contributed by atoms with Gasteiger partial charge in [-0.2, -0.15) is 0 Å². The van der Waals surface area contributed by atoms with E-state index in [9.17, 15) is 0 Å². The molecule has 0 aliphatic carbocycles. The van der Waals surface area contributed by atoms with Crippen LogP contribution in [0.5, 0.6) is 0 Å². The van der Waals surface area contributed by atoms with Crippen LogP contribution in [0.2, 0.25) is 0 Å². The van der Waals surface area contributed by atoms with Crippen molar-refractivity contribution in [2.45, 2.75) is 46.1 Å². The van der Waals surface area contributed by atoms with E-state index in [0.29, 0.717) is 5.41 Å². The van der Waals surface area contributed by atoms with Crippen LogP contribution >= 0.6 is 11.3 Å². The maximum atomic E-state index is 4.44. The van der Waals surface area contributed by atoms with Gasteiger partial charge in [0.1, 0.15) is 0 Å². The minimum Gasteiger partial charge on any atom is -0.348 e. The number of aromatic nitrogens is 1. The lowest BCUT2D eigenvalue weighted by Crippen LogP contribution is -2.44. The first-order valence-corrected chi connectivity index (χ1v) is 8.80. The molecule has 1 aromatic rings. The van der Waals surface area contributed by atoms with Gasteiger partial charge in [0.25, 0.3) is 0 Å². The Morgan fingerprint density at radius 2 is 1.90 bits per heavy atom. The monoisotopic (exact) mass is 293 g/mol. The fraction of sp³-hybridized carbons (Fsp3) is 0.812. The summed E-state index contributed by atoms with van der Waals surface area (Å²) >= 11 is 1.77. The molecule has 2 saturated heterocycles. The second-order valence-electron chi connectivity index (χ2n) is 7.38. The van der Waals surface area contributed by atoms with Gasteiger partial charge in [0.05, 0.1) is 0 Å². The second kappa shape index (κ2) is 5.64. The molecule has 3 heterocycles. The van der Waals surface area contributed by atoms with Gasteiger partial charge in [-0.05, 0) is 37.1 Å². The molecule has 1 atom stereocenters. The molecule has 2 fully saturated rings. The fourth-order valence-corrected chi connectivity index (χ4v) is 4.32. The van der Waals surface area contributed by atoms with Crippen LogP contribution in [0.3, 0.4) is 0 Å². The Balaban J connectivity index is 1.52. The van der Waals surface area contributed by atoms with Crippen LogP contribution in [-0.2, 0) is 0 Å². The third-order valence-corrected chi connectivity index (χ3v) is 5.95. The average Bonchev–Trinajstić information content (AvgIpc) is 3.10. The number of anilines is 1. The Kier molecular flexibility index (Phi) is 4.04. The number of hydrogen-bond acceptors (Lipinski definition) is 4. The summed E-state index contributed by atoms with van der Waals surface area (Å²) in [6, 6.07) is 0.804. The molecule has 0 saturated carbocycles. The highest BCUT2D eigenvalue weighted by Gasteiger charge is 2.35. The van der Waals surface area contributed by atoms with E-state index in [1.54, 1.807) is 11.3 Å². The van der Waals surface area contributed by atoms with Crippen molar-refractivity contribution in [3.8, 4) is 0 Å². The summed E-state index contributed by atoms with van der Waals surface area (Å²) in [5, 5.41) is 3.29. The number of rotatable bonds is 2. The van der Waals surface area contributed by atoms with Gasteiger partial charge in [-0.3, -0.25) is 4.90 Å². The lowest BCUT2D eigenvalue weighted by Gasteiger charge is -2.37. The minimum atomic E-state index is 0.469. The predicted octanol–water partition coefficient (Wildman–Crippen LogP) is 3.48. The van der Waals surface area contributed by atoms with E-state index in [1.807, 2.05) is 6.20 Å². The van der Waals surface area contributed by atoms with Crippen molar-refractivity contribution in [3.63, 3.8) is 0 Å². The molecule has 2 aliphatic heterocycles. The molecule has 0 amide bonds. The zero-order valence-electron chi connectivity index (χ0n) is 13.0. The summed E-state index contributed by atoms with van der Waals surface area (Å²) in [7, 11) is 0. The maximum Gasteiger partial charge on any atom is 0.185 e. The van der Waals surface area contributed by atoms with Crippen LogP contribution in [0.25, 0.3) is 0 Å². The molecule has 20 heavy (non-hydrogen) atoms. The van der Waals surface area contributed by atoms with Crippen LogP contribution in [0, 0.1) is 11.3 Å². The molecule has 2 aliphatic rings. The van der Waals surface area contributed by atoms with Crippen molar-refractivity contribution >= 4 is 16.5 Å². The summed E-state index contributed by atoms with van der Waals surface area (Å²) in [6.07, 6.45) is 5.91. The van der Waals surface area contributed by atoms with Crippen molar-refractivity contribution in [3.05, 3.63) is 11.6 Å². The number of likely N-dealkylation sites (tertiary alicyclic amines) is 1. The lowest BCUT2D eigenvalue weighted by molar-refractivity contribution is 0.174. The molecule has 0 radical (unpaired) electrons. The Morgan fingerprint density at radius 3 is 2.45 bits per heavy atom. The van der Waals surface area contributed by atoms with Gasteiger partial charge in [-0.1, -0.05) is 20.8 Å². The van der Waals surface area contributed by atoms with Crippen molar-refractivity contribution in [1.29, 1.82) is 0 Å². The van der Waals surface area contributed by atoms with Crippen LogP contribution in [0.4, 0.5) is 5.13 Å². The number of piperidine rings is 1. The normalized spacial score (nSPS) is 26.4. The molecule has 3 rings (SSSR count). The topological polar surface area (TPSA) is 19.4 Å². The van der Waals surface area contributed by atoms with E-state index in [0.717, 1.165) is 12.0 Å². The summed E-state index contributed by atoms with van der Waals surface area (Å²) < 4.78 is 0. The first-order valence-electron chi connectivity index (χ1n) is 7.92. The summed E-state index contributed by atoms with van der Waals surface area (Å²) in [4.78, 5) is 9.65. The minimum absolute atomic E-state index is 0.469. The van der Waals surface area contributed by atoms with Gasteiger partial charge in [-0.25, -0.2) is 4.98 Å². The third-order valence-electron chi connectivity index (χ3n) is 5.12. The molecule has 0 spiro atoms.